The smallest absolute Gasteiger partial charge is 0.193 e. The predicted molar refractivity (Wildman–Crippen MR) is 104 cm³/mol. The summed E-state index contributed by atoms with van der Waals surface area (Å²) in [5.74, 6) is 0.479. The van der Waals surface area contributed by atoms with E-state index in [1.807, 2.05) is 12.1 Å². The largest absolute Gasteiger partial charge is 0.370 e. The number of aliphatic imine (C=N–C) groups is 1. The van der Waals surface area contributed by atoms with Gasteiger partial charge in [-0.25, -0.2) is 0 Å². The molecule has 5 heteroatoms. The van der Waals surface area contributed by atoms with E-state index in [9.17, 15) is 0 Å². The average Bonchev–Trinajstić information content (AvgIpc) is 2.47. The lowest BCUT2D eigenvalue weighted by atomic mass is 10.1. The maximum Gasteiger partial charge on any atom is 0.193 e. The second-order valence-corrected chi connectivity index (χ2v) is 5.18. The summed E-state index contributed by atoms with van der Waals surface area (Å²) in [5.41, 5.74) is 8.20. The minimum absolute atomic E-state index is 0. The molecule has 4 nitrogen and oxygen atoms in total. The first-order valence-electron chi connectivity index (χ1n) is 7.42. The molecule has 0 aliphatic rings. The van der Waals surface area contributed by atoms with Crippen molar-refractivity contribution in [3.63, 3.8) is 0 Å². The van der Waals surface area contributed by atoms with Gasteiger partial charge in [-0.1, -0.05) is 26.0 Å². The zero-order valence-electron chi connectivity index (χ0n) is 13.6. The quantitative estimate of drug-likeness (QED) is 0.417. The van der Waals surface area contributed by atoms with Crippen molar-refractivity contribution >= 4 is 35.6 Å². The number of nitrogens with one attached hydrogen (secondary N) is 1. The molecule has 0 saturated carbocycles. The monoisotopic (exact) mass is 404 g/mol. The summed E-state index contributed by atoms with van der Waals surface area (Å²) >= 11 is 0. The lowest BCUT2D eigenvalue weighted by Crippen LogP contribution is -2.31. The van der Waals surface area contributed by atoms with E-state index >= 15 is 0 Å². The van der Waals surface area contributed by atoms with Crippen LogP contribution in [0.25, 0.3) is 0 Å². The van der Waals surface area contributed by atoms with Gasteiger partial charge < -0.3 is 16.0 Å². The lowest BCUT2D eigenvalue weighted by molar-refractivity contribution is 0.259. The maximum absolute atomic E-state index is 5.89. The highest BCUT2D eigenvalue weighted by Gasteiger charge is 2.05. The van der Waals surface area contributed by atoms with E-state index < -0.39 is 0 Å². The minimum Gasteiger partial charge on any atom is -0.370 e. The molecule has 3 N–H and O–H groups in total. The predicted octanol–water partition coefficient (Wildman–Crippen LogP) is 3.32. The number of halogens is 1. The zero-order valence-corrected chi connectivity index (χ0v) is 15.9. The summed E-state index contributed by atoms with van der Waals surface area (Å²) in [4.78, 5) is 6.66. The van der Waals surface area contributed by atoms with Gasteiger partial charge in [0.1, 0.15) is 0 Å². The van der Waals surface area contributed by atoms with Crippen molar-refractivity contribution in [1.29, 1.82) is 0 Å². The molecule has 0 aromatic heterocycles. The molecule has 0 spiro atoms. The molecule has 0 heterocycles. The third-order valence-electron chi connectivity index (χ3n) is 3.71. The first-order chi connectivity index (χ1) is 9.56. The van der Waals surface area contributed by atoms with Crippen LogP contribution in [0.1, 0.15) is 32.8 Å². The van der Waals surface area contributed by atoms with E-state index in [1.54, 1.807) is 0 Å². The van der Waals surface area contributed by atoms with E-state index in [2.05, 4.69) is 55.2 Å². The Labute approximate surface area is 146 Å². The fraction of sp³-hybridized carbons (Fsp3) is 0.562. The number of anilines is 1. The highest BCUT2D eigenvalue weighted by Crippen LogP contribution is 2.09. The number of nitrogens with two attached hydrogens (primary N) is 1. The summed E-state index contributed by atoms with van der Waals surface area (Å²) in [5, 5.41) is 3.12. The number of hydrogen-bond acceptors (Lipinski definition) is 2. The maximum atomic E-state index is 5.89. The number of aryl methyl sites for hydroxylation is 1. The first kappa shape index (κ1) is 20.2. The number of rotatable bonds is 7. The van der Waals surface area contributed by atoms with E-state index in [4.69, 9.17) is 5.73 Å². The number of nitrogens with zero attached hydrogens (tertiary/aromatic N) is 2. The summed E-state index contributed by atoms with van der Waals surface area (Å²) in [6.07, 6.45) is 2.20. The Bertz CT molecular complexity index is 417. The van der Waals surface area contributed by atoms with Crippen LogP contribution in [0.3, 0.4) is 0 Å². The van der Waals surface area contributed by atoms with Crippen LogP contribution in [-0.4, -0.2) is 37.0 Å². The number of benzene rings is 1. The highest BCUT2D eigenvalue weighted by molar-refractivity contribution is 14.0. The Morgan fingerprint density at radius 2 is 1.90 bits per heavy atom. The SMILES string of the molecule is CCc1ccc(NC(N)=NCCN(C)C(C)CC)cc1.I. The van der Waals surface area contributed by atoms with Gasteiger partial charge in [0.2, 0.25) is 0 Å². The van der Waals surface area contributed by atoms with Crippen LogP contribution in [0.15, 0.2) is 29.3 Å². The molecule has 0 amide bonds. The molecule has 0 saturated heterocycles. The van der Waals surface area contributed by atoms with Gasteiger partial charge in [-0.15, -0.1) is 24.0 Å². The molecule has 21 heavy (non-hydrogen) atoms. The van der Waals surface area contributed by atoms with Crippen molar-refractivity contribution in [2.45, 2.75) is 39.7 Å². The zero-order chi connectivity index (χ0) is 15.0. The summed E-state index contributed by atoms with van der Waals surface area (Å²) in [6, 6.07) is 8.86. The molecule has 1 aromatic carbocycles. The Morgan fingerprint density at radius 1 is 1.29 bits per heavy atom. The van der Waals surface area contributed by atoms with Crippen molar-refractivity contribution in [3.05, 3.63) is 29.8 Å². The molecule has 1 atom stereocenters. The van der Waals surface area contributed by atoms with Crippen LogP contribution in [0.2, 0.25) is 0 Å². The van der Waals surface area contributed by atoms with Gasteiger partial charge in [0.25, 0.3) is 0 Å². The third kappa shape index (κ3) is 7.66. The van der Waals surface area contributed by atoms with Gasteiger partial charge in [-0.2, -0.15) is 0 Å². The van der Waals surface area contributed by atoms with E-state index in [1.165, 1.54) is 5.56 Å². The van der Waals surface area contributed by atoms with Crippen LogP contribution in [0, 0.1) is 0 Å². The van der Waals surface area contributed by atoms with Crippen LogP contribution >= 0.6 is 24.0 Å². The van der Waals surface area contributed by atoms with Gasteiger partial charge in [-0.05, 0) is 44.5 Å². The molecule has 0 bridgehead atoms. The van der Waals surface area contributed by atoms with Gasteiger partial charge in [0.05, 0.1) is 6.54 Å². The van der Waals surface area contributed by atoms with Crippen molar-refractivity contribution in [2.75, 3.05) is 25.5 Å². The molecule has 0 fully saturated rings. The van der Waals surface area contributed by atoms with Gasteiger partial charge >= 0.3 is 0 Å². The molecule has 120 valence electrons. The molecule has 1 aromatic rings. The summed E-state index contributed by atoms with van der Waals surface area (Å²) in [7, 11) is 2.12. The molecule has 0 aliphatic carbocycles. The Hall–Kier alpha value is -0.820. The normalized spacial score (nSPS) is 12.9. The van der Waals surface area contributed by atoms with Gasteiger partial charge in [-0.3, -0.25) is 4.99 Å². The Morgan fingerprint density at radius 3 is 2.43 bits per heavy atom. The van der Waals surface area contributed by atoms with E-state index in [0.29, 0.717) is 18.5 Å². The number of hydrogen-bond donors (Lipinski definition) is 2. The topological polar surface area (TPSA) is 53.6 Å². The number of likely N-dealkylation sites (N-methyl/N-ethyl adjacent to an activating group) is 1. The number of guanidine groups is 1. The van der Waals surface area contributed by atoms with Crippen molar-refractivity contribution < 1.29 is 0 Å². The summed E-state index contributed by atoms with van der Waals surface area (Å²) < 4.78 is 0. The van der Waals surface area contributed by atoms with Crippen molar-refractivity contribution in [1.82, 2.24) is 4.90 Å². The molecule has 0 aliphatic heterocycles. The molecule has 1 rings (SSSR count). The fourth-order valence-corrected chi connectivity index (χ4v) is 1.87. The van der Waals surface area contributed by atoms with Crippen LogP contribution in [0.5, 0.6) is 0 Å². The standard InChI is InChI=1S/C16H28N4.HI/c1-5-13(3)20(4)12-11-18-16(17)19-15-9-7-14(6-2)8-10-15;/h7-10,13H,5-6,11-12H2,1-4H3,(H3,17,18,19);1H. The minimum atomic E-state index is 0. The van der Waals surface area contributed by atoms with Gasteiger partial charge in [0.15, 0.2) is 5.96 Å². The molecule has 1 unspecified atom stereocenters. The first-order valence-corrected chi connectivity index (χ1v) is 7.42. The van der Waals surface area contributed by atoms with Crippen LogP contribution in [-0.2, 0) is 6.42 Å². The van der Waals surface area contributed by atoms with Crippen LogP contribution < -0.4 is 11.1 Å². The van der Waals surface area contributed by atoms with Crippen molar-refractivity contribution in [3.8, 4) is 0 Å². The fourth-order valence-electron chi connectivity index (χ4n) is 1.87. The lowest BCUT2D eigenvalue weighted by Gasteiger charge is -2.22. The van der Waals surface area contributed by atoms with Crippen LogP contribution in [0.4, 0.5) is 5.69 Å². The van der Waals surface area contributed by atoms with E-state index in [-0.39, 0.29) is 24.0 Å². The Balaban J connectivity index is 0.00000400. The average molecular weight is 404 g/mol. The van der Waals surface area contributed by atoms with Crippen molar-refractivity contribution in [2.24, 2.45) is 10.7 Å². The second kappa shape index (κ2) is 10.8. The second-order valence-electron chi connectivity index (χ2n) is 5.18. The van der Waals surface area contributed by atoms with E-state index in [0.717, 1.165) is 25.1 Å². The summed E-state index contributed by atoms with van der Waals surface area (Å²) in [6.45, 7) is 8.20. The van der Waals surface area contributed by atoms with Gasteiger partial charge in [0, 0.05) is 18.3 Å². The third-order valence-corrected chi connectivity index (χ3v) is 3.71. The molecule has 0 radical (unpaired) electrons. The molecular formula is C16H29IN4. The Kier molecular flexibility index (Phi) is 10.4. The highest BCUT2D eigenvalue weighted by atomic mass is 127. The molecular weight excluding hydrogens is 375 g/mol.